The first-order valence-corrected chi connectivity index (χ1v) is 8.51. The van der Waals surface area contributed by atoms with Crippen molar-refractivity contribution in [2.75, 3.05) is 40.3 Å². The summed E-state index contributed by atoms with van der Waals surface area (Å²) in [6.45, 7) is 2.83. The van der Waals surface area contributed by atoms with E-state index in [1.165, 1.54) is 5.01 Å². The minimum absolute atomic E-state index is 0. The Morgan fingerprint density at radius 3 is 2.62 bits per heavy atom. The van der Waals surface area contributed by atoms with Crippen LogP contribution in [0.3, 0.4) is 0 Å². The summed E-state index contributed by atoms with van der Waals surface area (Å²) >= 11 is 5.90. The van der Waals surface area contributed by atoms with E-state index < -0.39 is 0 Å². The Hall–Kier alpha value is -2.02. The molecule has 1 aliphatic heterocycles. The van der Waals surface area contributed by atoms with Crippen molar-refractivity contribution in [2.45, 2.75) is 0 Å². The molecule has 0 unspecified atom stereocenters. The molecule has 1 aliphatic rings. The SMILES string of the molecule is CN(C)CCN1CCN(/N=C/c2ccc(-c3ccc(Cl)cc3)o2)C1=O.Cl. The van der Waals surface area contributed by atoms with E-state index in [-0.39, 0.29) is 18.4 Å². The molecular weight excluding hydrogens is 375 g/mol. The zero-order chi connectivity index (χ0) is 17.8. The van der Waals surface area contributed by atoms with Gasteiger partial charge in [-0.1, -0.05) is 11.6 Å². The van der Waals surface area contributed by atoms with Crippen molar-refractivity contribution in [3.05, 3.63) is 47.2 Å². The van der Waals surface area contributed by atoms with E-state index in [9.17, 15) is 4.79 Å². The van der Waals surface area contributed by atoms with Gasteiger partial charge in [0.2, 0.25) is 0 Å². The van der Waals surface area contributed by atoms with Gasteiger partial charge in [0.25, 0.3) is 0 Å². The maximum atomic E-state index is 12.3. The van der Waals surface area contributed by atoms with Gasteiger partial charge in [0, 0.05) is 30.2 Å². The molecule has 0 atom stereocenters. The van der Waals surface area contributed by atoms with Crippen molar-refractivity contribution in [1.29, 1.82) is 0 Å². The quantitative estimate of drug-likeness (QED) is 0.700. The largest absolute Gasteiger partial charge is 0.455 e. The maximum Gasteiger partial charge on any atom is 0.340 e. The lowest BCUT2D eigenvalue weighted by atomic mass is 10.2. The lowest BCUT2D eigenvalue weighted by Gasteiger charge is -2.18. The van der Waals surface area contributed by atoms with Gasteiger partial charge in [-0.05, 0) is 50.5 Å². The Bertz CT molecular complexity index is 759. The molecule has 8 heteroatoms. The average molecular weight is 397 g/mol. The molecule has 0 bridgehead atoms. The number of amides is 2. The molecular formula is C18H22Cl2N4O2. The van der Waals surface area contributed by atoms with Crippen molar-refractivity contribution >= 4 is 36.3 Å². The molecule has 0 spiro atoms. The zero-order valence-electron chi connectivity index (χ0n) is 14.8. The van der Waals surface area contributed by atoms with Crippen LogP contribution in [0, 0.1) is 0 Å². The van der Waals surface area contributed by atoms with Gasteiger partial charge in [-0.15, -0.1) is 12.4 Å². The van der Waals surface area contributed by atoms with Crippen molar-refractivity contribution in [3.8, 4) is 11.3 Å². The van der Waals surface area contributed by atoms with Crippen LogP contribution in [0.1, 0.15) is 5.76 Å². The summed E-state index contributed by atoms with van der Waals surface area (Å²) in [6.07, 6.45) is 1.58. The summed E-state index contributed by atoms with van der Waals surface area (Å²) in [7, 11) is 3.98. The standard InChI is InChI=1S/C18H21ClN4O2.ClH/c1-21(2)9-10-22-11-12-23(18(22)24)20-13-16-7-8-17(25-16)14-3-5-15(19)6-4-14;/h3-8,13H,9-12H2,1-2H3;1H/b20-13+;. The molecule has 3 rings (SSSR count). The normalized spacial score (nSPS) is 14.5. The van der Waals surface area contributed by atoms with Gasteiger partial charge in [0.1, 0.15) is 11.5 Å². The predicted molar refractivity (Wildman–Crippen MR) is 106 cm³/mol. The Kier molecular flexibility index (Phi) is 7.08. The Morgan fingerprint density at radius 1 is 1.19 bits per heavy atom. The smallest absolute Gasteiger partial charge is 0.340 e. The summed E-state index contributed by atoms with van der Waals surface area (Å²) in [5, 5.41) is 6.42. The predicted octanol–water partition coefficient (Wildman–Crippen LogP) is 3.65. The number of urea groups is 1. The first-order chi connectivity index (χ1) is 12.0. The maximum absolute atomic E-state index is 12.3. The molecule has 2 aromatic rings. The van der Waals surface area contributed by atoms with Gasteiger partial charge in [0.05, 0.1) is 12.8 Å². The highest BCUT2D eigenvalue weighted by Gasteiger charge is 2.27. The van der Waals surface area contributed by atoms with E-state index in [2.05, 4.69) is 10.0 Å². The highest BCUT2D eigenvalue weighted by molar-refractivity contribution is 6.30. The summed E-state index contributed by atoms with van der Waals surface area (Å²) in [6, 6.07) is 11.1. The van der Waals surface area contributed by atoms with Crippen LogP contribution in [0.15, 0.2) is 45.9 Å². The Morgan fingerprint density at radius 2 is 1.92 bits per heavy atom. The van der Waals surface area contributed by atoms with Crippen LogP contribution in [0.5, 0.6) is 0 Å². The lowest BCUT2D eigenvalue weighted by Crippen LogP contribution is -2.34. The van der Waals surface area contributed by atoms with Crippen LogP contribution in [-0.4, -0.2) is 67.3 Å². The highest BCUT2D eigenvalue weighted by Crippen LogP contribution is 2.23. The number of likely N-dealkylation sites (N-methyl/N-ethyl adjacent to an activating group) is 1. The van der Waals surface area contributed by atoms with Crippen molar-refractivity contribution in [1.82, 2.24) is 14.8 Å². The van der Waals surface area contributed by atoms with E-state index >= 15 is 0 Å². The zero-order valence-corrected chi connectivity index (χ0v) is 16.3. The van der Waals surface area contributed by atoms with Crippen LogP contribution in [0.4, 0.5) is 4.79 Å². The third kappa shape index (κ3) is 5.00. The van der Waals surface area contributed by atoms with Crippen LogP contribution >= 0.6 is 24.0 Å². The van der Waals surface area contributed by atoms with Crippen LogP contribution < -0.4 is 0 Å². The number of furan rings is 1. The van der Waals surface area contributed by atoms with Crippen LogP contribution in [0.2, 0.25) is 5.02 Å². The van der Waals surface area contributed by atoms with E-state index in [1.807, 2.05) is 50.5 Å². The van der Waals surface area contributed by atoms with E-state index in [0.717, 1.165) is 17.9 Å². The molecule has 0 N–H and O–H groups in total. The number of carbonyl (C=O) groups excluding carboxylic acids is 1. The molecule has 0 saturated carbocycles. The third-order valence-electron chi connectivity index (χ3n) is 3.97. The van der Waals surface area contributed by atoms with Gasteiger partial charge >= 0.3 is 6.03 Å². The van der Waals surface area contributed by atoms with Crippen molar-refractivity contribution in [3.63, 3.8) is 0 Å². The monoisotopic (exact) mass is 396 g/mol. The van der Waals surface area contributed by atoms with Gasteiger partial charge in [-0.3, -0.25) is 0 Å². The molecule has 0 radical (unpaired) electrons. The van der Waals surface area contributed by atoms with E-state index in [4.69, 9.17) is 16.0 Å². The highest BCUT2D eigenvalue weighted by atomic mass is 35.5. The Balaban J connectivity index is 0.00000243. The second kappa shape index (κ2) is 9.07. The second-order valence-electron chi connectivity index (χ2n) is 6.15. The fourth-order valence-corrected chi connectivity index (χ4v) is 2.65. The van der Waals surface area contributed by atoms with Crippen molar-refractivity contribution in [2.24, 2.45) is 5.10 Å². The fraction of sp³-hybridized carbons (Fsp3) is 0.333. The summed E-state index contributed by atoms with van der Waals surface area (Å²) < 4.78 is 5.76. The third-order valence-corrected chi connectivity index (χ3v) is 4.22. The van der Waals surface area contributed by atoms with Crippen LogP contribution in [0.25, 0.3) is 11.3 Å². The molecule has 6 nitrogen and oxygen atoms in total. The lowest BCUT2D eigenvalue weighted by molar-refractivity contribution is 0.190. The summed E-state index contributed by atoms with van der Waals surface area (Å²) in [4.78, 5) is 16.1. The summed E-state index contributed by atoms with van der Waals surface area (Å²) in [5.74, 6) is 1.34. The number of carbonyl (C=O) groups is 1. The number of hydrogen-bond donors (Lipinski definition) is 0. The first-order valence-electron chi connectivity index (χ1n) is 8.14. The number of nitrogens with zero attached hydrogens (tertiary/aromatic N) is 4. The topological polar surface area (TPSA) is 52.3 Å². The first kappa shape index (κ1) is 20.3. The van der Waals surface area contributed by atoms with Gasteiger partial charge in [0.15, 0.2) is 0 Å². The molecule has 2 heterocycles. The van der Waals surface area contributed by atoms with Gasteiger partial charge < -0.3 is 14.2 Å². The fourth-order valence-electron chi connectivity index (χ4n) is 2.52. The van der Waals surface area contributed by atoms with E-state index in [0.29, 0.717) is 30.4 Å². The molecule has 1 aromatic carbocycles. The summed E-state index contributed by atoms with van der Waals surface area (Å²) in [5.41, 5.74) is 0.941. The number of hydrazone groups is 1. The Labute approximate surface area is 164 Å². The average Bonchev–Trinajstić information content (AvgIpc) is 3.19. The van der Waals surface area contributed by atoms with Crippen LogP contribution in [-0.2, 0) is 0 Å². The molecule has 2 amide bonds. The molecule has 1 fully saturated rings. The molecule has 1 saturated heterocycles. The van der Waals surface area contributed by atoms with Gasteiger partial charge in [-0.2, -0.15) is 5.10 Å². The molecule has 1 aromatic heterocycles. The molecule has 26 heavy (non-hydrogen) atoms. The minimum Gasteiger partial charge on any atom is -0.455 e. The van der Waals surface area contributed by atoms with Gasteiger partial charge in [-0.25, -0.2) is 9.80 Å². The number of halogens is 2. The number of benzene rings is 1. The van der Waals surface area contributed by atoms with Crippen molar-refractivity contribution < 1.29 is 9.21 Å². The second-order valence-corrected chi connectivity index (χ2v) is 6.59. The molecule has 0 aliphatic carbocycles. The number of rotatable bonds is 6. The minimum atomic E-state index is -0.0671. The number of hydrogen-bond acceptors (Lipinski definition) is 4. The van der Waals surface area contributed by atoms with E-state index in [1.54, 1.807) is 11.1 Å². The molecule has 140 valence electrons.